The summed E-state index contributed by atoms with van der Waals surface area (Å²) >= 11 is 0. The molecule has 0 unspecified atom stereocenters. The van der Waals surface area contributed by atoms with Crippen molar-refractivity contribution < 1.29 is 36.3 Å². The van der Waals surface area contributed by atoms with Crippen molar-refractivity contribution in [2.75, 3.05) is 21.3 Å². The van der Waals surface area contributed by atoms with Gasteiger partial charge in [-0.3, -0.25) is 0 Å². The third kappa shape index (κ3) is 2.90. The van der Waals surface area contributed by atoms with Gasteiger partial charge in [0, 0.05) is 17.4 Å². The number of methoxy groups -OCH3 is 3. The summed E-state index contributed by atoms with van der Waals surface area (Å²) in [7, 11) is 4.90. The second-order valence-electron chi connectivity index (χ2n) is 6.70. The lowest BCUT2D eigenvalue weighted by atomic mass is 9.90. The summed E-state index contributed by atoms with van der Waals surface area (Å²) < 4.78 is 18.5. The van der Waals surface area contributed by atoms with Gasteiger partial charge >= 0.3 is 0 Å². The summed E-state index contributed by atoms with van der Waals surface area (Å²) in [6, 6.07) is 8.00. The number of aryl methyl sites for hydroxylation is 3. The van der Waals surface area contributed by atoms with E-state index < -0.39 is 0 Å². The Morgan fingerprint density at radius 1 is 0.964 bits per heavy atom. The molecule has 5 nitrogen and oxygen atoms in total. The quantitative estimate of drug-likeness (QED) is 0.652. The molecule has 4 rings (SSSR count). The molecule has 2 aromatic carbocycles. The van der Waals surface area contributed by atoms with Crippen LogP contribution in [0, 0.1) is 0 Å². The highest BCUT2D eigenvalue weighted by Gasteiger charge is 2.30. The third-order valence-corrected chi connectivity index (χ3v) is 5.42. The van der Waals surface area contributed by atoms with Gasteiger partial charge in [-0.05, 0) is 36.2 Å². The van der Waals surface area contributed by atoms with Crippen LogP contribution < -0.4 is 31.2 Å². The highest BCUT2D eigenvalue weighted by molar-refractivity contribution is 5.94. The molecule has 28 heavy (non-hydrogen) atoms. The summed E-state index contributed by atoms with van der Waals surface area (Å²) in [6.07, 6.45) is 3.78. The first-order chi connectivity index (χ1) is 13.1. The molecule has 0 spiro atoms. The molecule has 0 saturated carbocycles. The van der Waals surface area contributed by atoms with Crippen LogP contribution in [0.15, 0.2) is 30.5 Å². The van der Waals surface area contributed by atoms with E-state index in [4.69, 9.17) is 14.2 Å². The van der Waals surface area contributed by atoms with E-state index in [0.717, 1.165) is 47.2 Å². The molecule has 0 aliphatic carbocycles. The Bertz CT molecular complexity index is 1050. The molecule has 1 aromatic heterocycles. The normalized spacial score (nSPS) is 12.0. The number of benzene rings is 2. The molecule has 1 N–H and O–H groups in total. The van der Waals surface area contributed by atoms with Crippen LogP contribution in [-0.4, -0.2) is 26.4 Å². The largest absolute Gasteiger partial charge is 1.00 e. The molecule has 148 valence electrons. The van der Waals surface area contributed by atoms with E-state index in [1.54, 1.807) is 21.3 Å². The topological polar surface area (TPSA) is 51.8 Å². The second-order valence-corrected chi connectivity index (χ2v) is 6.70. The zero-order valence-electron chi connectivity index (χ0n) is 16.5. The predicted molar refractivity (Wildman–Crippen MR) is 104 cm³/mol. The second kappa shape index (κ2) is 7.76. The van der Waals surface area contributed by atoms with Crippen LogP contribution >= 0.6 is 0 Å². The minimum atomic E-state index is 0. The van der Waals surface area contributed by atoms with Gasteiger partial charge in [0.05, 0.1) is 32.3 Å². The maximum absolute atomic E-state index is 10.6. The average molecular weight is 402 g/mol. The highest BCUT2D eigenvalue weighted by atomic mass is 35.5. The molecule has 0 atom stereocenters. The molecular formula is C22H24ClNO4. The molecule has 0 fully saturated rings. The molecule has 1 aliphatic rings. The van der Waals surface area contributed by atoms with Crippen molar-refractivity contribution in [2.24, 2.45) is 0 Å². The number of aromatic nitrogens is 1. The summed E-state index contributed by atoms with van der Waals surface area (Å²) in [4.78, 5) is 0. The van der Waals surface area contributed by atoms with Crippen LogP contribution in [-0.2, 0) is 19.4 Å². The summed E-state index contributed by atoms with van der Waals surface area (Å²) in [5.74, 6) is 2.17. The third-order valence-electron chi connectivity index (χ3n) is 5.42. The monoisotopic (exact) mass is 401 g/mol. The van der Waals surface area contributed by atoms with E-state index in [1.807, 2.05) is 18.3 Å². The maximum Gasteiger partial charge on any atom is 0.216 e. The Labute approximate surface area is 170 Å². The van der Waals surface area contributed by atoms with Crippen molar-refractivity contribution in [1.82, 2.24) is 0 Å². The van der Waals surface area contributed by atoms with Crippen molar-refractivity contribution in [3.63, 3.8) is 0 Å². The lowest BCUT2D eigenvalue weighted by Gasteiger charge is -2.21. The Morgan fingerprint density at radius 3 is 2.29 bits per heavy atom. The van der Waals surface area contributed by atoms with Gasteiger partial charge in [-0.25, -0.2) is 0 Å². The standard InChI is InChI=1S/C22H23NO4.ClH/c1-5-14-15-6-7-18(25-2)22(24)17(15)12-23-9-8-13-10-19(26-3)20(27-4)11-16(13)21(14)23;/h6-7,10-12H,5,8-9H2,1-4H3;1H. The van der Waals surface area contributed by atoms with Gasteiger partial charge in [-0.2, -0.15) is 4.57 Å². The highest BCUT2D eigenvalue weighted by Crippen LogP contribution is 2.42. The number of nitrogens with zero attached hydrogens (tertiary/aromatic N) is 1. The van der Waals surface area contributed by atoms with Gasteiger partial charge in [-0.1, -0.05) is 6.92 Å². The van der Waals surface area contributed by atoms with E-state index in [-0.39, 0.29) is 18.2 Å². The van der Waals surface area contributed by atoms with E-state index in [9.17, 15) is 5.11 Å². The SMILES string of the molecule is CCc1c2[n+](cc3c(O)c(OC)ccc13)CCc1cc(OC)c(OC)cc1-2.[Cl-]. The van der Waals surface area contributed by atoms with Crippen LogP contribution in [0.25, 0.3) is 22.0 Å². The van der Waals surface area contributed by atoms with Gasteiger partial charge in [-0.15, -0.1) is 0 Å². The Morgan fingerprint density at radius 2 is 1.64 bits per heavy atom. The van der Waals surface area contributed by atoms with E-state index in [2.05, 4.69) is 23.6 Å². The minimum absolute atomic E-state index is 0. The van der Waals surface area contributed by atoms with Gasteiger partial charge < -0.3 is 31.7 Å². The lowest BCUT2D eigenvalue weighted by molar-refractivity contribution is -0.686. The van der Waals surface area contributed by atoms with Crippen LogP contribution in [0.1, 0.15) is 18.1 Å². The fourth-order valence-electron chi connectivity index (χ4n) is 4.11. The number of hydrogen-bond acceptors (Lipinski definition) is 4. The first-order valence-electron chi connectivity index (χ1n) is 9.13. The van der Waals surface area contributed by atoms with Crippen molar-refractivity contribution >= 4 is 10.8 Å². The fourth-order valence-corrected chi connectivity index (χ4v) is 4.11. The first kappa shape index (κ1) is 20.1. The van der Waals surface area contributed by atoms with Gasteiger partial charge in [0.1, 0.15) is 0 Å². The zero-order chi connectivity index (χ0) is 19.1. The molecule has 0 radical (unpaired) electrons. The number of rotatable bonds is 4. The Balaban J connectivity index is 0.00000225. The fraction of sp³-hybridized carbons (Fsp3) is 0.318. The van der Waals surface area contributed by atoms with Crippen LogP contribution in [0.3, 0.4) is 0 Å². The number of phenolic OH excluding ortho intramolecular Hbond substituents is 1. The maximum atomic E-state index is 10.6. The molecule has 3 aromatic rings. The first-order valence-corrected chi connectivity index (χ1v) is 9.13. The van der Waals surface area contributed by atoms with Gasteiger partial charge in [0.2, 0.25) is 5.69 Å². The van der Waals surface area contributed by atoms with Crippen LogP contribution in [0.2, 0.25) is 0 Å². The molecule has 2 heterocycles. The average Bonchev–Trinajstić information content (AvgIpc) is 2.71. The van der Waals surface area contributed by atoms with Crippen LogP contribution in [0.4, 0.5) is 0 Å². The number of halogens is 1. The Kier molecular flexibility index (Phi) is 5.57. The van der Waals surface area contributed by atoms with E-state index in [1.165, 1.54) is 16.8 Å². The molecular weight excluding hydrogens is 378 g/mol. The molecule has 6 heteroatoms. The summed E-state index contributed by atoms with van der Waals surface area (Å²) in [5.41, 5.74) is 4.79. The number of pyridine rings is 1. The number of ether oxygens (including phenoxy) is 3. The van der Waals surface area contributed by atoms with Gasteiger partial charge in [0.15, 0.2) is 35.7 Å². The number of aromatic hydroxyl groups is 1. The van der Waals surface area contributed by atoms with Gasteiger partial charge in [0.25, 0.3) is 0 Å². The molecule has 0 amide bonds. The van der Waals surface area contributed by atoms with E-state index in [0.29, 0.717) is 5.75 Å². The smallest absolute Gasteiger partial charge is 0.216 e. The summed E-state index contributed by atoms with van der Waals surface area (Å²) in [5, 5.41) is 12.5. The Hall–Kier alpha value is -2.66. The van der Waals surface area contributed by atoms with Crippen molar-refractivity contribution in [2.45, 2.75) is 26.3 Å². The number of phenols is 1. The minimum Gasteiger partial charge on any atom is -1.00 e. The number of hydrogen-bond donors (Lipinski definition) is 1. The zero-order valence-corrected chi connectivity index (χ0v) is 17.3. The molecule has 0 bridgehead atoms. The molecule has 1 aliphatic heterocycles. The van der Waals surface area contributed by atoms with Crippen molar-refractivity contribution in [1.29, 1.82) is 0 Å². The van der Waals surface area contributed by atoms with E-state index >= 15 is 0 Å². The number of fused-ring (bicyclic) bond motifs is 4. The lowest BCUT2D eigenvalue weighted by Crippen LogP contribution is -3.00. The summed E-state index contributed by atoms with van der Waals surface area (Å²) in [6.45, 7) is 2.99. The van der Waals surface area contributed by atoms with Crippen molar-refractivity contribution in [3.05, 3.63) is 41.6 Å². The van der Waals surface area contributed by atoms with Crippen LogP contribution in [0.5, 0.6) is 23.0 Å². The molecule has 0 saturated heterocycles. The predicted octanol–water partition coefficient (Wildman–Crippen LogP) is 0.648. The van der Waals surface area contributed by atoms with Crippen molar-refractivity contribution in [3.8, 4) is 34.3 Å².